The van der Waals surface area contributed by atoms with Crippen LogP contribution in [-0.2, 0) is 4.74 Å². The van der Waals surface area contributed by atoms with Gasteiger partial charge in [0.05, 0.1) is 12.0 Å². The molecule has 3 aromatic rings. The first-order valence-electron chi connectivity index (χ1n) is 7.23. The van der Waals surface area contributed by atoms with Crippen molar-refractivity contribution in [1.82, 2.24) is 0 Å². The molecule has 1 heterocycles. The number of esters is 1. The molecule has 0 saturated heterocycles. The summed E-state index contributed by atoms with van der Waals surface area (Å²) in [6.07, 6.45) is 0. The molecule has 2 aromatic carbocycles. The Bertz CT molecular complexity index is 990. The summed E-state index contributed by atoms with van der Waals surface area (Å²) in [6, 6.07) is 10.8. The van der Waals surface area contributed by atoms with E-state index in [1.54, 1.807) is 31.2 Å². The fourth-order valence-corrected chi connectivity index (χ4v) is 2.84. The van der Waals surface area contributed by atoms with Crippen molar-refractivity contribution in [2.75, 3.05) is 6.61 Å². The summed E-state index contributed by atoms with van der Waals surface area (Å²) in [6.45, 7) is 1.91. The van der Waals surface area contributed by atoms with Gasteiger partial charge in [0.1, 0.15) is 17.1 Å². The predicted octanol–water partition coefficient (Wildman–Crippen LogP) is 4.10. The second kappa shape index (κ2) is 6.49. The van der Waals surface area contributed by atoms with Crippen molar-refractivity contribution in [2.45, 2.75) is 6.92 Å². The molecule has 1 N–H and O–H groups in total. The van der Waals surface area contributed by atoms with E-state index in [9.17, 15) is 14.7 Å². The number of fused-ring (bicyclic) bond motifs is 1. The van der Waals surface area contributed by atoms with Crippen molar-refractivity contribution >= 4 is 32.9 Å². The van der Waals surface area contributed by atoms with E-state index in [0.29, 0.717) is 10.0 Å². The largest absolute Gasteiger partial charge is 0.508 e. The van der Waals surface area contributed by atoms with E-state index in [1.165, 1.54) is 18.2 Å². The van der Waals surface area contributed by atoms with Crippen LogP contribution in [0.4, 0.5) is 0 Å². The summed E-state index contributed by atoms with van der Waals surface area (Å²) in [7, 11) is 0. The number of aromatic hydroxyl groups is 1. The fraction of sp³-hybridized carbons (Fsp3) is 0.111. The predicted molar refractivity (Wildman–Crippen MR) is 93.2 cm³/mol. The van der Waals surface area contributed by atoms with Gasteiger partial charge < -0.3 is 14.3 Å². The average Bonchev–Trinajstić information content (AvgIpc) is 2.55. The SMILES string of the molecule is CCOC(=O)c1cc(Br)cc2c(=O)cc(-c3cccc(O)c3)oc12. The van der Waals surface area contributed by atoms with Crippen LogP contribution in [0, 0.1) is 0 Å². The van der Waals surface area contributed by atoms with Crippen LogP contribution >= 0.6 is 15.9 Å². The Kier molecular flexibility index (Phi) is 4.40. The fourth-order valence-electron chi connectivity index (χ4n) is 2.38. The normalized spacial score (nSPS) is 10.8. The zero-order chi connectivity index (χ0) is 17.3. The van der Waals surface area contributed by atoms with Gasteiger partial charge in [0.15, 0.2) is 11.0 Å². The van der Waals surface area contributed by atoms with Gasteiger partial charge in [-0.1, -0.05) is 28.1 Å². The number of hydrogen-bond donors (Lipinski definition) is 1. The Morgan fingerprint density at radius 3 is 2.75 bits per heavy atom. The maximum absolute atomic E-state index is 12.4. The van der Waals surface area contributed by atoms with E-state index >= 15 is 0 Å². The van der Waals surface area contributed by atoms with Crippen LogP contribution in [0.15, 0.2) is 56.1 Å². The summed E-state index contributed by atoms with van der Waals surface area (Å²) in [5.41, 5.74) is 0.566. The zero-order valence-electron chi connectivity index (χ0n) is 12.7. The summed E-state index contributed by atoms with van der Waals surface area (Å²) in [5.74, 6) is -0.257. The van der Waals surface area contributed by atoms with Crippen LogP contribution in [0.25, 0.3) is 22.3 Å². The average molecular weight is 389 g/mol. The molecule has 5 nitrogen and oxygen atoms in total. The van der Waals surface area contributed by atoms with Crippen LogP contribution in [0.3, 0.4) is 0 Å². The number of phenolic OH excluding ortho intramolecular Hbond substituents is 1. The Balaban J connectivity index is 2.29. The van der Waals surface area contributed by atoms with Crippen LogP contribution in [0.2, 0.25) is 0 Å². The maximum atomic E-state index is 12.4. The summed E-state index contributed by atoms with van der Waals surface area (Å²) < 4.78 is 11.4. The maximum Gasteiger partial charge on any atom is 0.341 e. The molecule has 0 fully saturated rings. The Hall–Kier alpha value is -2.60. The minimum absolute atomic E-state index is 0.0525. The van der Waals surface area contributed by atoms with Crippen molar-refractivity contribution in [2.24, 2.45) is 0 Å². The number of benzene rings is 2. The van der Waals surface area contributed by atoms with E-state index in [-0.39, 0.29) is 40.1 Å². The third-order valence-corrected chi connectivity index (χ3v) is 3.88. The molecule has 0 radical (unpaired) electrons. The molecule has 0 atom stereocenters. The van der Waals surface area contributed by atoms with Crippen molar-refractivity contribution in [3.63, 3.8) is 0 Å². The Labute approximate surface area is 145 Å². The molecule has 0 spiro atoms. The highest BCUT2D eigenvalue weighted by Crippen LogP contribution is 2.29. The molecule has 0 bridgehead atoms. The molecule has 3 rings (SSSR count). The third-order valence-electron chi connectivity index (χ3n) is 3.42. The monoisotopic (exact) mass is 388 g/mol. The molecular weight excluding hydrogens is 376 g/mol. The lowest BCUT2D eigenvalue weighted by Gasteiger charge is -2.08. The minimum Gasteiger partial charge on any atom is -0.508 e. The van der Waals surface area contributed by atoms with Crippen molar-refractivity contribution in [3.05, 3.63) is 62.7 Å². The van der Waals surface area contributed by atoms with Crippen molar-refractivity contribution < 1.29 is 19.1 Å². The first-order valence-corrected chi connectivity index (χ1v) is 8.03. The van der Waals surface area contributed by atoms with Gasteiger partial charge in [-0.3, -0.25) is 4.79 Å². The van der Waals surface area contributed by atoms with Gasteiger partial charge in [0, 0.05) is 16.1 Å². The number of phenols is 1. The quantitative estimate of drug-likeness (QED) is 0.683. The molecular formula is C18H13BrO5. The smallest absolute Gasteiger partial charge is 0.341 e. The van der Waals surface area contributed by atoms with E-state index in [2.05, 4.69) is 15.9 Å². The van der Waals surface area contributed by atoms with E-state index < -0.39 is 5.97 Å². The van der Waals surface area contributed by atoms with E-state index in [1.807, 2.05) is 0 Å². The van der Waals surface area contributed by atoms with E-state index in [4.69, 9.17) is 9.15 Å². The lowest BCUT2D eigenvalue weighted by atomic mass is 10.1. The number of ether oxygens (including phenoxy) is 1. The van der Waals surface area contributed by atoms with Gasteiger partial charge in [-0.25, -0.2) is 4.79 Å². The number of rotatable bonds is 3. The topological polar surface area (TPSA) is 76.7 Å². The second-order valence-corrected chi connectivity index (χ2v) is 5.99. The second-order valence-electron chi connectivity index (χ2n) is 5.08. The van der Waals surface area contributed by atoms with Gasteiger partial charge in [-0.2, -0.15) is 0 Å². The van der Waals surface area contributed by atoms with Gasteiger partial charge in [-0.15, -0.1) is 0 Å². The molecule has 1 aromatic heterocycles. The molecule has 0 aliphatic rings. The number of carbonyl (C=O) groups is 1. The first-order chi connectivity index (χ1) is 11.5. The lowest BCUT2D eigenvalue weighted by molar-refractivity contribution is 0.0527. The van der Waals surface area contributed by atoms with Crippen LogP contribution in [0.5, 0.6) is 5.75 Å². The molecule has 0 amide bonds. The highest BCUT2D eigenvalue weighted by Gasteiger charge is 2.18. The molecule has 0 aliphatic carbocycles. The molecule has 6 heteroatoms. The third kappa shape index (κ3) is 3.05. The Morgan fingerprint density at radius 2 is 2.04 bits per heavy atom. The Morgan fingerprint density at radius 1 is 1.25 bits per heavy atom. The van der Waals surface area contributed by atoms with Gasteiger partial charge >= 0.3 is 5.97 Å². The zero-order valence-corrected chi connectivity index (χ0v) is 14.3. The molecule has 0 saturated carbocycles. The molecule has 24 heavy (non-hydrogen) atoms. The standard InChI is InChI=1S/C18H13BrO5/c1-2-23-18(22)14-8-11(19)7-13-15(21)9-16(24-17(13)14)10-4-3-5-12(20)6-10/h3-9,20H,2H2,1H3. The molecule has 122 valence electrons. The van der Waals surface area contributed by atoms with Gasteiger partial charge in [0.2, 0.25) is 0 Å². The van der Waals surface area contributed by atoms with Crippen LogP contribution < -0.4 is 5.43 Å². The number of carbonyl (C=O) groups excluding carboxylic acids is 1. The molecule has 0 unspecified atom stereocenters. The number of halogens is 1. The summed E-state index contributed by atoms with van der Waals surface area (Å²) in [5, 5.41) is 9.88. The van der Waals surface area contributed by atoms with Crippen molar-refractivity contribution in [1.29, 1.82) is 0 Å². The van der Waals surface area contributed by atoms with Gasteiger partial charge in [0.25, 0.3) is 0 Å². The van der Waals surface area contributed by atoms with Crippen LogP contribution in [0.1, 0.15) is 17.3 Å². The van der Waals surface area contributed by atoms with E-state index in [0.717, 1.165) is 0 Å². The van der Waals surface area contributed by atoms with Crippen molar-refractivity contribution in [3.8, 4) is 17.1 Å². The lowest BCUT2D eigenvalue weighted by Crippen LogP contribution is -2.08. The minimum atomic E-state index is -0.569. The highest BCUT2D eigenvalue weighted by molar-refractivity contribution is 9.10. The van der Waals surface area contributed by atoms with Gasteiger partial charge in [-0.05, 0) is 31.2 Å². The summed E-state index contributed by atoms with van der Waals surface area (Å²) >= 11 is 3.29. The number of hydrogen-bond acceptors (Lipinski definition) is 5. The molecule has 0 aliphatic heterocycles. The first kappa shape index (κ1) is 16.3. The van der Waals surface area contributed by atoms with Crippen LogP contribution in [-0.4, -0.2) is 17.7 Å². The highest BCUT2D eigenvalue weighted by atomic mass is 79.9. The summed E-state index contributed by atoms with van der Waals surface area (Å²) in [4.78, 5) is 24.6.